The molecule has 0 bridgehead atoms. The fraction of sp³-hybridized carbons (Fsp3) is 0.259. The third kappa shape index (κ3) is 5.30. The lowest BCUT2D eigenvalue weighted by Gasteiger charge is -2.42. The van der Waals surface area contributed by atoms with Gasteiger partial charge in [-0.05, 0) is 17.7 Å². The highest BCUT2D eigenvalue weighted by Gasteiger charge is 2.49. The van der Waals surface area contributed by atoms with Gasteiger partial charge in [0.05, 0.1) is 5.56 Å². The SMILES string of the molecule is O=C(OCc1ccccc1)c1ccc([C@@H]2O[C@H](C(O)C(=O)c3ccccc3)[C@@H](O)[C@H](O)[C@H]2O)c(O)c1. The maximum absolute atomic E-state index is 12.7. The van der Waals surface area contributed by atoms with Crippen molar-refractivity contribution in [2.75, 3.05) is 0 Å². The molecule has 1 aliphatic rings. The van der Waals surface area contributed by atoms with Crippen LogP contribution in [0.4, 0.5) is 0 Å². The van der Waals surface area contributed by atoms with Crippen molar-refractivity contribution in [1.29, 1.82) is 0 Å². The lowest BCUT2D eigenvalue weighted by Crippen LogP contribution is -2.59. The van der Waals surface area contributed by atoms with Crippen molar-refractivity contribution in [2.24, 2.45) is 0 Å². The molecule has 0 amide bonds. The number of aromatic hydroxyl groups is 1. The zero-order valence-corrected chi connectivity index (χ0v) is 19.0. The van der Waals surface area contributed by atoms with Gasteiger partial charge in [-0.3, -0.25) is 4.79 Å². The van der Waals surface area contributed by atoms with Crippen molar-refractivity contribution >= 4 is 11.8 Å². The van der Waals surface area contributed by atoms with E-state index in [1.165, 1.54) is 24.3 Å². The number of aliphatic hydroxyl groups excluding tert-OH is 4. The zero-order valence-electron chi connectivity index (χ0n) is 19.0. The van der Waals surface area contributed by atoms with Gasteiger partial charge in [-0.15, -0.1) is 0 Å². The molecule has 1 fully saturated rings. The number of ether oxygens (including phenoxy) is 2. The van der Waals surface area contributed by atoms with E-state index in [9.17, 15) is 35.1 Å². The third-order valence-corrected chi connectivity index (χ3v) is 6.07. The topological polar surface area (TPSA) is 154 Å². The average molecular weight is 494 g/mol. The van der Waals surface area contributed by atoms with Gasteiger partial charge in [-0.1, -0.05) is 66.7 Å². The standard InChI is InChI=1S/C27H26O9/c28-19-13-17(27(34)35-14-15-7-3-1-4-8-15)11-12-18(19)25-23(32)21(30)24(33)26(36-25)22(31)20(29)16-9-5-2-6-10-16/h1-13,21-26,28,30-33H,14H2/t21-,22?,23-,24+,25+,26-/m1/s1. The molecule has 4 rings (SSSR count). The van der Waals surface area contributed by atoms with Crippen molar-refractivity contribution in [1.82, 2.24) is 0 Å². The minimum absolute atomic E-state index is 0.0163. The molecule has 1 unspecified atom stereocenters. The summed E-state index contributed by atoms with van der Waals surface area (Å²) >= 11 is 0. The van der Waals surface area contributed by atoms with Crippen molar-refractivity contribution in [2.45, 2.75) is 43.2 Å². The fourth-order valence-corrected chi connectivity index (χ4v) is 4.06. The Morgan fingerprint density at radius 3 is 2.11 bits per heavy atom. The van der Waals surface area contributed by atoms with Crippen molar-refractivity contribution in [3.05, 3.63) is 101 Å². The Balaban J connectivity index is 1.51. The molecule has 0 radical (unpaired) electrons. The minimum Gasteiger partial charge on any atom is -0.508 e. The quantitative estimate of drug-likeness (QED) is 0.243. The Hall–Kier alpha value is -3.60. The van der Waals surface area contributed by atoms with E-state index in [4.69, 9.17) is 9.47 Å². The summed E-state index contributed by atoms with van der Waals surface area (Å²) < 4.78 is 10.9. The Labute approximate surface area is 206 Å². The van der Waals surface area contributed by atoms with Crippen LogP contribution in [0.3, 0.4) is 0 Å². The van der Waals surface area contributed by atoms with Crippen molar-refractivity contribution in [3.8, 4) is 5.75 Å². The first-order valence-electron chi connectivity index (χ1n) is 11.3. The molecular weight excluding hydrogens is 468 g/mol. The summed E-state index contributed by atoms with van der Waals surface area (Å²) in [4.78, 5) is 25.1. The molecule has 188 valence electrons. The average Bonchev–Trinajstić information content (AvgIpc) is 2.91. The van der Waals surface area contributed by atoms with E-state index in [1.807, 2.05) is 18.2 Å². The Kier molecular flexibility index (Phi) is 7.78. The number of phenolic OH excluding ortho intramolecular Hbond substituents is 1. The minimum atomic E-state index is -1.86. The van der Waals surface area contributed by atoms with Crippen LogP contribution in [0.2, 0.25) is 0 Å². The second kappa shape index (κ2) is 11.0. The van der Waals surface area contributed by atoms with E-state index >= 15 is 0 Å². The number of aliphatic hydroxyl groups is 4. The van der Waals surface area contributed by atoms with E-state index in [0.29, 0.717) is 0 Å². The van der Waals surface area contributed by atoms with Gasteiger partial charge < -0.3 is 35.0 Å². The highest BCUT2D eigenvalue weighted by Crippen LogP contribution is 2.38. The van der Waals surface area contributed by atoms with Crippen LogP contribution >= 0.6 is 0 Å². The van der Waals surface area contributed by atoms with Gasteiger partial charge in [0.2, 0.25) is 0 Å². The van der Waals surface area contributed by atoms with Gasteiger partial charge >= 0.3 is 5.97 Å². The first-order chi connectivity index (χ1) is 17.3. The number of benzene rings is 3. The van der Waals surface area contributed by atoms with Crippen molar-refractivity contribution < 1.29 is 44.6 Å². The van der Waals surface area contributed by atoms with Crippen LogP contribution in [0.15, 0.2) is 78.9 Å². The number of carbonyl (C=O) groups excluding carboxylic acids is 2. The molecule has 0 aromatic heterocycles. The molecule has 1 saturated heterocycles. The van der Waals surface area contributed by atoms with Gasteiger partial charge in [0, 0.05) is 11.1 Å². The summed E-state index contributed by atoms with van der Waals surface area (Å²) in [6, 6.07) is 20.7. The molecule has 0 aliphatic carbocycles. The number of rotatable bonds is 7. The number of Topliss-reactive ketones (excluding diaryl/α,β-unsaturated/α-hetero) is 1. The lowest BCUT2D eigenvalue weighted by atomic mass is 9.87. The van der Waals surface area contributed by atoms with Crippen LogP contribution in [0.25, 0.3) is 0 Å². The van der Waals surface area contributed by atoms with Gasteiger partial charge in [-0.2, -0.15) is 0 Å². The number of esters is 1. The predicted octanol–water partition coefficient (Wildman–Crippen LogP) is 1.52. The van der Waals surface area contributed by atoms with Gasteiger partial charge in [0.15, 0.2) is 5.78 Å². The molecule has 9 heteroatoms. The summed E-state index contributed by atoms with van der Waals surface area (Å²) in [7, 11) is 0. The van der Waals surface area contributed by atoms with Crippen LogP contribution in [-0.4, -0.2) is 67.8 Å². The molecule has 1 aliphatic heterocycles. The molecular formula is C27H26O9. The highest BCUT2D eigenvalue weighted by molar-refractivity contribution is 5.99. The summed E-state index contributed by atoms with van der Waals surface area (Å²) in [5, 5.41) is 52.5. The van der Waals surface area contributed by atoms with E-state index < -0.39 is 54.1 Å². The molecule has 1 heterocycles. The second-order valence-electron chi connectivity index (χ2n) is 8.50. The summed E-state index contributed by atoms with van der Waals surface area (Å²) in [5.41, 5.74) is 0.970. The molecule has 0 saturated carbocycles. The van der Waals surface area contributed by atoms with Gasteiger partial charge in [-0.25, -0.2) is 4.79 Å². The van der Waals surface area contributed by atoms with E-state index in [-0.39, 0.29) is 23.3 Å². The molecule has 5 N–H and O–H groups in total. The fourth-order valence-electron chi connectivity index (χ4n) is 4.06. The van der Waals surface area contributed by atoms with E-state index in [1.54, 1.807) is 30.3 Å². The van der Waals surface area contributed by atoms with Crippen LogP contribution in [0.1, 0.15) is 37.9 Å². The predicted molar refractivity (Wildman–Crippen MR) is 126 cm³/mol. The second-order valence-corrected chi connectivity index (χ2v) is 8.50. The summed E-state index contributed by atoms with van der Waals surface area (Å²) in [6.07, 6.45) is -10.1. The molecule has 3 aromatic rings. The summed E-state index contributed by atoms with van der Waals surface area (Å²) in [5.74, 6) is -1.88. The first kappa shape index (κ1) is 25.5. The number of hydrogen-bond donors (Lipinski definition) is 5. The molecule has 9 nitrogen and oxygen atoms in total. The summed E-state index contributed by atoms with van der Waals surface area (Å²) in [6.45, 7) is 0.0335. The van der Waals surface area contributed by atoms with Crippen LogP contribution in [-0.2, 0) is 16.1 Å². The maximum atomic E-state index is 12.7. The maximum Gasteiger partial charge on any atom is 0.338 e. The molecule has 36 heavy (non-hydrogen) atoms. The van der Waals surface area contributed by atoms with Crippen LogP contribution < -0.4 is 0 Å². The Bertz CT molecular complexity index is 1200. The van der Waals surface area contributed by atoms with Gasteiger partial charge in [0.1, 0.15) is 49.0 Å². The molecule has 3 aromatic carbocycles. The Morgan fingerprint density at radius 2 is 1.47 bits per heavy atom. The monoisotopic (exact) mass is 494 g/mol. The van der Waals surface area contributed by atoms with E-state index in [0.717, 1.165) is 11.6 Å². The molecule has 0 spiro atoms. The highest BCUT2D eigenvalue weighted by atomic mass is 16.5. The third-order valence-electron chi connectivity index (χ3n) is 6.07. The zero-order chi connectivity index (χ0) is 25.8. The number of phenols is 1. The van der Waals surface area contributed by atoms with Crippen LogP contribution in [0, 0.1) is 0 Å². The largest absolute Gasteiger partial charge is 0.508 e. The number of ketones is 1. The normalized spacial score (nSPS) is 24.6. The van der Waals surface area contributed by atoms with Crippen LogP contribution in [0.5, 0.6) is 5.75 Å². The lowest BCUT2D eigenvalue weighted by molar-refractivity contribution is -0.239. The Morgan fingerprint density at radius 1 is 0.833 bits per heavy atom. The van der Waals surface area contributed by atoms with Crippen molar-refractivity contribution in [3.63, 3.8) is 0 Å². The first-order valence-corrected chi connectivity index (χ1v) is 11.3. The van der Waals surface area contributed by atoms with E-state index in [2.05, 4.69) is 0 Å². The number of carbonyl (C=O) groups is 2. The smallest absolute Gasteiger partial charge is 0.338 e. The number of hydrogen-bond acceptors (Lipinski definition) is 9. The molecule has 6 atom stereocenters. The van der Waals surface area contributed by atoms with Gasteiger partial charge in [0.25, 0.3) is 0 Å².